The fourth-order valence-corrected chi connectivity index (χ4v) is 5.74. The summed E-state index contributed by atoms with van der Waals surface area (Å²) in [4.78, 5) is 49.7. The molecular formula is C27H36O8. The molecule has 0 aromatic rings. The van der Waals surface area contributed by atoms with Gasteiger partial charge in [0.15, 0.2) is 0 Å². The Kier molecular flexibility index (Phi) is 7.92. The number of hydrogen-bond donors (Lipinski definition) is 0. The molecule has 0 radical (unpaired) electrons. The molecular weight excluding hydrogens is 452 g/mol. The van der Waals surface area contributed by atoms with Crippen molar-refractivity contribution in [3.05, 3.63) is 34.4 Å². The minimum absolute atomic E-state index is 0.196. The molecule has 1 aliphatic heterocycles. The first kappa shape index (κ1) is 26.7. The first-order chi connectivity index (χ1) is 16.4. The molecule has 0 spiro atoms. The highest BCUT2D eigenvalue weighted by Gasteiger charge is 2.58. The van der Waals surface area contributed by atoms with Crippen LogP contribution in [0.4, 0.5) is 0 Å². The SMILES string of the molecule is CCC(=O)O[C@H]1CC/C(C)=C\[C@H]2OC(=O)C(C)=C2[C@@H](OC(C)=O)[C@H]2C(C)=CC[C@H](OC(C)=O)[C@]12C. The van der Waals surface area contributed by atoms with Gasteiger partial charge in [-0.05, 0) is 39.7 Å². The van der Waals surface area contributed by atoms with Crippen LogP contribution in [0.25, 0.3) is 0 Å². The van der Waals surface area contributed by atoms with E-state index in [9.17, 15) is 19.2 Å². The van der Waals surface area contributed by atoms with Gasteiger partial charge in [-0.1, -0.05) is 31.1 Å². The molecule has 0 saturated carbocycles. The van der Waals surface area contributed by atoms with Gasteiger partial charge in [-0.3, -0.25) is 14.4 Å². The van der Waals surface area contributed by atoms with Crippen LogP contribution in [0.5, 0.6) is 0 Å². The summed E-state index contributed by atoms with van der Waals surface area (Å²) in [6.07, 6.45) is 2.68. The van der Waals surface area contributed by atoms with Crippen LogP contribution in [0.1, 0.15) is 74.1 Å². The van der Waals surface area contributed by atoms with Crippen LogP contribution in [0, 0.1) is 11.3 Å². The monoisotopic (exact) mass is 488 g/mol. The summed E-state index contributed by atoms with van der Waals surface area (Å²) in [6.45, 7) is 11.8. The normalized spacial score (nSPS) is 34.4. The smallest absolute Gasteiger partial charge is 0.334 e. The van der Waals surface area contributed by atoms with Gasteiger partial charge in [0.05, 0.1) is 5.41 Å². The van der Waals surface area contributed by atoms with Crippen LogP contribution < -0.4 is 0 Å². The maximum atomic E-state index is 12.7. The second kappa shape index (κ2) is 10.4. The summed E-state index contributed by atoms with van der Waals surface area (Å²) >= 11 is 0. The summed E-state index contributed by atoms with van der Waals surface area (Å²) in [7, 11) is 0. The topological polar surface area (TPSA) is 105 Å². The largest absolute Gasteiger partial charge is 0.462 e. The van der Waals surface area contributed by atoms with Crippen molar-refractivity contribution in [2.45, 2.75) is 98.6 Å². The Bertz CT molecular complexity index is 1000. The van der Waals surface area contributed by atoms with Gasteiger partial charge in [0.2, 0.25) is 0 Å². The highest BCUT2D eigenvalue weighted by molar-refractivity contribution is 5.92. The Morgan fingerprint density at radius 2 is 1.71 bits per heavy atom. The van der Waals surface area contributed by atoms with Gasteiger partial charge in [0, 0.05) is 43.8 Å². The van der Waals surface area contributed by atoms with Crippen molar-refractivity contribution in [1.29, 1.82) is 0 Å². The van der Waals surface area contributed by atoms with Crippen LogP contribution in [-0.4, -0.2) is 48.3 Å². The van der Waals surface area contributed by atoms with E-state index in [0.29, 0.717) is 30.4 Å². The van der Waals surface area contributed by atoms with E-state index in [2.05, 4.69) is 0 Å². The molecule has 0 unspecified atom stereocenters. The van der Waals surface area contributed by atoms with Gasteiger partial charge in [0.1, 0.15) is 24.4 Å². The Hall–Kier alpha value is -2.90. The number of carbonyl (C=O) groups is 4. The second-order valence-corrected chi connectivity index (χ2v) is 9.95. The molecule has 6 atom stereocenters. The van der Waals surface area contributed by atoms with Crippen LogP contribution >= 0.6 is 0 Å². The predicted molar refractivity (Wildman–Crippen MR) is 127 cm³/mol. The van der Waals surface area contributed by atoms with Gasteiger partial charge in [-0.15, -0.1) is 0 Å². The predicted octanol–water partition coefficient (Wildman–Crippen LogP) is 4.13. The lowest BCUT2D eigenvalue weighted by Crippen LogP contribution is -2.58. The molecule has 35 heavy (non-hydrogen) atoms. The second-order valence-electron chi connectivity index (χ2n) is 9.95. The van der Waals surface area contributed by atoms with E-state index in [1.807, 2.05) is 32.9 Å². The van der Waals surface area contributed by atoms with Gasteiger partial charge in [-0.2, -0.15) is 0 Å². The van der Waals surface area contributed by atoms with E-state index in [1.54, 1.807) is 13.8 Å². The highest BCUT2D eigenvalue weighted by Crippen LogP contribution is 2.53. The lowest BCUT2D eigenvalue weighted by molar-refractivity contribution is -0.189. The standard InChI is InChI=1S/C27H36O8/c1-8-22(30)35-21-11-9-14(2)13-19-23(16(4)26(31)34-19)25(33-18(6)29)24-15(3)10-12-20(27(21,24)7)32-17(5)28/h10,13,19-21,24-25H,8-9,11-12H2,1-7H3/b14-13-/t19-,20+,21+,24-,25-,27-/m1/s1. The third-order valence-corrected chi connectivity index (χ3v) is 7.49. The van der Waals surface area contributed by atoms with Crippen molar-refractivity contribution in [3.8, 4) is 0 Å². The summed E-state index contributed by atoms with van der Waals surface area (Å²) in [5.74, 6) is -2.33. The number of allylic oxidation sites excluding steroid dienone is 1. The molecule has 0 aromatic heterocycles. The number of fused-ring (bicyclic) bond motifs is 2. The van der Waals surface area contributed by atoms with E-state index >= 15 is 0 Å². The van der Waals surface area contributed by atoms with E-state index in [1.165, 1.54) is 13.8 Å². The molecule has 2 aliphatic carbocycles. The molecule has 3 aliphatic rings. The maximum Gasteiger partial charge on any atom is 0.334 e. The van der Waals surface area contributed by atoms with Crippen LogP contribution in [0.2, 0.25) is 0 Å². The Balaban J connectivity index is 2.32. The number of rotatable bonds is 4. The molecule has 8 nitrogen and oxygen atoms in total. The molecule has 8 heteroatoms. The lowest BCUT2D eigenvalue weighted by Gasteiger charge is -2.52. The zero-order chi connectivity index (χ0) is 26.1. The first-order valence-corrected chi connectivity index (χ1v) is 12.2. The van der Waals surface area contributed by atoms with Crippen LogP contribution in [-0.2, 0) is 38.1 Å². The molecule has 0 amide bonds. The number of hydrogen-bond acceptors (Lipinski definition) is 8. The first-order valence-electron chi connectivity index (χ1n) is 12.2. The average Bonchev–Trinajstić information content (AvgIpc) is 3.03. The van der Waals surface area contributed by atoms with Gasteiger partial charge in [0.25, 0.3) is 0 Å². The van der Waals surface area contributed by atoms with Gasteiger partial charge >= 0.3 is 23.9 Å². The number of carbonyl (C=O) groups excluding carboxylic acids is 4. The minimum Gasteiger partial charge on any atom is -0.462 e. The van der Waals surface area contributed by atoms with Crippen LogP contribution in [0.3, 0.4) is 0 Å². The molecule has 0 fully saturated rings. The van der Waals surface area contributed by atoms with E-state index < -0.39 is 53.7 Å². The van der Waals surface area contributed by atoms with Gasteiger partial charge < -0.3 is 18.9 Å². The molecule has 3 rings (SSSR count). The Morgan fingerprint density at radius 3 is 2.31 bits per heavy atom. The van der Waals surface area contributed by atoms with E-state index in [4.69, 9.17) is 18.9 Å². The molecule has 1 heterocycles. The van der Waals surface area contributed by atoms with Crippen LogP contribution in [0.15, 0.2) is 34.4 Å². The van der Waals surface area contributed by atoms with Crippen molar-refractivity contribution in [2.75, 3.05) is 0 Å². The van der Waals surface area contributed by atoms with Crippen molar-refractivity contribution >= 4 is 23.9 Å². The fraction of sp³-hybridized carbons (Fsp3) is 0.630. The molecule has 0 aromatic carbocycles. The highest BCUT2D eigenvalue weighted by atomic mass is 16.6. The Morgan fingerprint density at radius 1 is 1.06 bits per heavy atom. The summed E-state index contributed by atoms with van der Waals surface area (Å²) in [5, 5.41) is 0. The number of esters is 4. The molecule has 192 valence electrons. The minimum atomic E-state index is -0.948. The summed E-state index contributed by atoms with van der Waals surface area (Å²) < 4.78 is 23.5. The Labute approximate surface area is 206 Å². The third kappa shape index (κ3) is 5.21. The van der Waals surface area contributed by atoms with Crippen molar-refractivity contribution in [1.82, 2.24) is 0 Å². The zero-order valence-corrected chi connectivity index (χ0v) is 21.6. The van der Waals surface area contributed by atoms with Crippen molar-refractivity contribution < 1.29 is 38.1 Å². The fourth-order valence-electron chi connectivity index (χ4n) is 5.74. The molecule has 0 N–H and O–H groups in total. The van der Waals surface area contributed by atoms with Crippen molar-refractivity contribution in [3.63, 3.8) is 0 Å². The average molecular weight is 489 g/mol. The van der Waals surface area contributed by atoms with E-state index in [0.717, 1.165) is 11.1 Å². The molecule has 0 bridgehead atoms. The maximum absolute atomic E-state index is 12.7. The summed E-state index contributed by atoms with van der Waals surface area (Å²) in [6, 6.07) is 0. The lowest BCUT2D eigenvalue weighted by atomic mass is 9.58. The summed E-state index contributed by atoms with van der Waals surface area (Å²) in [5.41, 5.74) is 1.86. The van der Waals surface area contributed by atoms with Crippen molar-refractivity contribution in [2.24, 2.45) is 11.3 Å². The van der Waals surface area contributed by atoms with E-state index in [-0.39, 0.29) is 12.4 Å². The molecule has 0 saturated heterocycles. The number of ether oxygens (including phenoxy) is 4. The van der Waals surface area contributed by atoms with Gasteiger partial charge in [-0.25, -0.2) is 4.79 Å². The third-order valence-electron chi connectivity index (χ3n) is 7.49. The zero-order valence-electron chi connectivity index (χ0n) is 21.6. The quantitative estimate of drug-likeness (QED) is 0.331.